The molecule has 2 aromatic rings. The summed E-state index contributed by atoms with van der Waals surface area (Å²) in [6.07, 6.45) is -6.91. The predicted molar refractivity (Wildman–Crippen MR) is 163 cm³/mol. The van der Waals surface area contributed by atoms with E-state index in [1.165, 1.54) is 0 Å². The van der Waals surface area contributed by atoms with Crippen molar-refractivity contribution in [3.8, 4) is 0 Å². The summed E-state index contributed by atoms with van der Waals surface area (Å²) >= 11 is 0. The number of sulfonamides is 1. The molecule has 5 atom stereocenters. The zero-order valence-electron chi connectivity index (χ0n) is 26.2. The number of nitrogens with zero attached hydrogens (tertiary/aromatic N) is 1. The molecule has 1 fully saturated rings. The lowest BCUT2D eigenvalue weighted by Gasteiger charge is -2.31. The molecule has 45 heavy (non-hydrogen) atoms. The van der Waals surface area contributed by atoms with Crippen molar-refractivity contribution < 1.29 is 45.8 Å². The number of carbonyl (C=O) groups is 2. The van der Waals surface area contributed by atoms with Gasteiger partial charge in [-0.1, -0.05) is 60.7 Å². The van der Waals surface area contributed by atoms with Crippen LogP contribution in [0.5, 0.6) is 0 Å². The fourth-order valence-corrected chi connectivity index (χ4v) is 6.21. The van der Waals surface area contributed by atoms with Gasteiger partial charge in [0, 0.05) is 25.0 Å². The number of alkyl carbamates (subject to hydrolysis) is 1. The normalized spacial score (nSPS) is 21.1. The van der Waals surface area contributed by atoms with E-state index in [1.807, 2.05) is 0 Å². The molecule has 1 aliphatic rings. The standard InChI is InChI=1S/C32H41F3N2O7S/c1-29(2,3)43-27(38)23(37-28(39)44-30(4,5)6)17-19-36-45(41,42)20-18-31(40,32(33,34)35)26-24(21-13-9-7-10-14-21)25(26)22-15-11-8-12-16-22/h7-16,19,23-26,40H,17-18,20H2,1-6H3,(H,37,39)/t23-,24-,25+,26?,31?/m0/s1. The highest BCUT2D eigenvalue weighted by Crippen LogP contribution is 2.68. The third-order valence-corrected chi connectivity index (χ3v) is 8.32. The Morgan fingerprint density at radius 2 is 1.36 bits per heavy atom. The van der Waals surface area contributed by atoms with Gasteiger partial charge in [-0.2, -0.15) is 17.6 Å². The molecule has 0 bridgehead atoms. The van der Waals surface area contributed by atoms with Crippen molar-refractivity contribution in [3.63, 3.8) is 0 Å². The van der Waals surface area contributed by atoms with Gasteiger partial charge in [0.1, 0.15) is 17.2 Å². The molecule has 1 amide bonds. The van der Waals surface area contributed by atoms with Gasteiger partial charge in [0.25, 0.3) is 10.0 Å². The second-order valence-electron chi connectivity index (χ2n) is 13.1. The molecule has 9 nitrogen and oxygen atoms in total. The first-order chi connectivity index (χ1) is 20.6. The van der Waals surface area contributed by atoms with Gasteiger partial charge in [0.2, 0.25) is 0 Å². The number of hydrogen-bond donors (Lipinski definition) is 2. The molecular formula is C32H41F3N2O7S. The summed E-state index contributed by atoms with van der Waals surface area (Å²) in [6, 6.07) is 15.6. The summed E-state index contributed by atoms with van der Waals surface area (Å²) < 4.78 is 83.3. The van der Waals surface area contributed by atoms with Crippen LogP contribution in [0, 0.1) is 5.92 Å². The second-order valence-corrected chi connectivity index (χ2v) is 14.9. The minimum absolute atomic E-state index is 0.453. The van der Waals surface area contributed by atoms with Gasteiger partial charge in [0.15, 0.2) is 5.60 Å². The SMILES string of the molecule is CC(C)(C)OC(=O)N[C@@H](CC=NS(=O)(=O)CCC(O)(C1[C@@H](c2ccccc2)[C@H]1c1ccccc1)C(F)(F)F)C(=O)OC(C)(C)C. The van der Waals surface area contributed by atoms with E-state index in [0.29, 0.717) is 11.1 Å². The molecule has 0 radical (unpaired) electrons. The zero-order valence-corrected chi connectivity index (χ0v) is 27.0. The molecule has 13 heteroatoms. The number of benzene rings is 2. The number of ether oxygens (including phenoxy) is 2. The molecule has 2 unspecified atom stereocenters. The molecule has 2 N–H and O–H groups in total. The lowest BCUT2D eigenvalue weighted by atomic mass is 9.89. The van der Waals surface area contributed by atoms with Crippen LogP contribution in [0.2, 0.25) is 0 Å². The quantitative estimate of drug-likeness (QED) is 0.228. The fraction of sp³-hybridized carbons (Fsp3) is 0.531. The highest BCUT2D eigenvalue weighted by Gasteiger charge is 2.70. The maximum atomic E-state index is 14.6. The topological polar surface area (TPSA) is 131 Å². The van der Waals surface area contributed by atoms with E-state index in [2.05, 4.69) is 9.71 Å². The number of amides is 1. The molecule has 3 rings (SSSR count). The van der Waals surface area contributed by atoms with Crippen molar-refractivity contribution >= 4 is 28.3 Å². The highest BCUT2D eigenvalue weighted by atomic mass is 32.2. The van der Waals surface area contributed by atoms with Crippen LogP contribution in [0.25, 0.3) is 0 Å². The van der Waals surface area contributed by atoms with Gasteiger partial charge in [-0.05, 0) is 64.5 Å². The molecule has 1 saturated carbocycles. The minimum Gasteiger partial charge on any atom is -0.458 e. The largest absolute Gasteiger partial charge is 0.458 e. The van der Waals surface area contributed by atoms with Crippen molar-refractivity contribution in [2.24, 2.45) is 10.3 Å². The Kier molecular flexibility index (Phi) is 10.8. The Bertz CT molecular complexity index is 1410. The third kappa shape index (κ3) is 10.0. The summed E-state index contributed by atoms with van der Waals surface area (Å²) in [7, 11) is -4.55. The van der Waals surface area contributed by atoms with Gasteiger partial charge in [-0.25, -0.2) is 18.0 Å². The molecule has 0 aliphatic heterocycles. The van der Waals surface area contributed by atoms with Gasteiger partial charge in [-0.15, -0.1) is 0 Å². The van der Waals surface area contributed by atoms with E-state index in [0.717, 1.165) is 6.21 Å². The monoisotopic (exact) mass is 654 g/mol. The average molecular weight is 655 g/mol. The van der Waals surface area contributed by atoms with Crippen LogP contribution in [0.1, 0.15) is 77.3 Å². The van der Waals surface area contributed by atoms with Crippen molar-refractivity contribution in [3.05, 3.63) is 71.8 Å². The Labute approximate surface area is 262 Å². The first-order valence-electron chi connectivity index (χ1n) is 14.5. The number of alkyl halides is 3. The number of halogens is 3. The van der Waals surface area contributed by atoms with Crippen molar-refractivity contribution in [1.29, 1.82) is 0 Å². The number of carbonyl (C=O) groups excluding carboxylic acids is 2. The van der Waals surface area contributed by atoms with Crippen LogP contribution in [0.15, 0.2) is 65.1 Å². The van der Waals surface area contributed by atoms with Crippen LogP contribution in [0.4, 0.5) is 18.0 Å². The van der Waals surface area contributed by atoms with Crippen LogP contribution in [0.3, 0.4) is 0 Å². The Balaban J connectivity index is 1.80. The van der Waals surface area contributed by atoms with E-state index in [4.69, 9.17) is 9.47 Å². The number of nitrogens with one attached hydrogen (secondary N) is 1. The first kappa shape index (κ1) is 36.0. The van der Waals surface area contributed by atoms with Crippen LogP contribution >= 0.6 is 0 Å². The van der Waals surface area contributed by atoms with Crippen molar-refractivity contribution in [2.45, 2.75) is 95.2 Å². The van der Waals surface area contributed by atoms with Crippen LogP contribution in [-0.4, -0.2) is 66.6 Å². The number of esters is 1. The summed E-state index contributed by atoms with van der Waals surface area (Å²) in [5, 5.41) is 13.5. The fourth-order valence-electron chi connectivity index (χ4n) is 5.22. The third-order valence-electron chi connectivity index (χ3n) is 7.13. The predicted octanol–water partition coefficient (Wildman–Crippen LogP) is 5.89. The Hall–Kier alpha value is -3.45. The lowest BCUT2D eigenvalue weighted by molar-refractivity contribution is -0.270. The van der Waals surface area contributed by atoms with E-state index < -0.39 is 87.5 Å². The molecule has 0 heterocycles. The summed E-state index contributed by atoms with van der Waals surface area (Å²) in [4.78, 5) is 25.0. The summed E-state index contributed by atoms with van der Waals surface area (Å²) in [6.45, 7) is 9.62. The minimum atomic E-state index is -5.15. The van der Waals surface area contributed by atoms with Crippen LogP contribution in [-0.2, 0) is 24.3 Å². The second kappa shape index (κ2) is 13.5. The average Bonchev–Trinajstić information content (AvgIpc) is 3.66. The first-order valence-corrected chi connectivity index (χ1v) is 16.1. The molecule has 2 aromatic carbocycles. The Morgan fingerprint density at radius 3 is 1.78 bits per heavy atom. The van der Waals surface area contributed by atoms with Gasteiger partial charge in [-0.3, -0.25) is 0 Å². The van der Waals surface area contributed by atoms with E-state index >= 15 is 0 Å². The molecule has 248 valence electrons. The molecule has 1 aliphatic carbocycles. The summed E-state index contributed by atoms with van der Waals surface area (Å²) in [5.41, 5.74) is -3.96. The molecule has 0 saturated heterocycles. The molecule has 0 spiro atoms. The van der Waals surface area contributed by atoms with E-state index in [-0.39, 0.29) is 0 Å². The van der Waals surface area contributed by atoms with Gasteiger partial charge >= 0.3 is 18.2 Å². The van der Waals surface area contributed by atoms with Gasteiger partial charge in [0.05, 0.1) is 5.75 Å². The molecule has 0 aromatic heterocycles. The maximum Gasteiger partial charge on any atom is 0.417 e. The zero-order chi connectivity index (χ0) is 33.8. The van der Waals surface area contributed by atoms with Crippen molar-refractivity contribution in [2.75, 3.05) is 5.75 Å². The number of rotatable bonds is 11. The maximum absolute atomic E-state index is 14.6. The smallest absolute Gasteiger partial charge is 0.417 e. The van der Waals surface area contributed by atoms with Gasteiger partial charge < -0.3 is 19.9 Å². The highest BCUT2D eigenvalue weighted by molar-refractivity contribution is 7.90. The number of aliphatic hydroxyl groups is 1. The van der Waals surface area contributed by atoms with E-state index in [9.17, 15) is 36.3 Å². The Morgan fingerprint density at radius 1 is 0.889 bits per heavy atom. The van der Waals surface area contributed by atoms with Crippen molar-refractivity contribution in [1.82, 2.24) is 5.32 Å². The number of hydrogen-bond acceptors (Lipinski definition) is 7. The summed E-state index contributed by atoms with van der Waals surface area (Å²) in [5.74, 6) is -4.73. The lowest BCUT2D eigenvalue weighted by Crippen LogP contribution is -2.49. The van der Waals surface area contributed by atoms with E-state index in [1.54, 1.807) is 102 Å². The molecular weight excluding hydrogens is 613 g/mol. The van der Waals surface area contributed by atoms with Crippen LogP contribution < -0.4 is 5.32 Å².